The number of carbonyl (C=O) groups excluding carboxylic acids is 1. The Bertz CT molecular complexity index is 398. The Morgan fingerprint density at radius 2 is 1.94 bits per heavy atom. The fraction of sp³-hybridized carbons (Fsp3) is 0.500. The first kappa shape index (κ1) is 11.8. The van der Waals surface area contributed by atoms with Crippen molar-refractivity contribution < 1.29 is 18.0 Å². The zero-order chi connectivity index (χ0) is 12.5. The molecule has 0 bridgehead atoms. The highest BCUT2D eigenvalue weighted by atomic mass is 19.4. The van der Waals surface area contributed by atoms with Gasteiger partial charge in [-0.25, -0.2) is 9.97 Å². The number of alkyl halides is 3. The first-order valence-corrected chi connectivity index (χ1v) is 5.08. The van der Waals surface area contributed by atoms with Crippen LogP contribution < -0.4 is 4.90 Å². The Hall–Kier alpha value is -1.66. The number of halogens is 3. The van der Waals surface area contributed by atoms with Gasteiger partial charge in [-0.3, -0.25) is 0 Å². The molecule has 17 heavy (non-hydrogen) atoms. The van der Waals surface area contributed by atoms with Crippen molar-refractivity contribution in [1.82, 2.24) is 9.97 Å². The van der Waals surface area contributed by atoms with Crippen LogP contribution in [-0.4, -0.2) is 29.3 Å². The summed E-state index contributed by atoms with van der Waals surface area (Å²) in [5, 5.41) is 0. The molecule has 0 amide bonds. The lowest BCUT2D eigenvalue weighted by molar-refractivity contribution is -0.138. The third-order valence-electron chi connectivity index (χ3n) is 2.64. The van der Waals surface area contributed by atoms with Crippen molar-refractivity contribution in [3.05, 3.63) is 18.0 Å². The van der Waals surface area contributed by atoms with Crippen molar-refractivity contribution in [2.24, 2.45) is 5.92 Å². The maximum atomic E-state index is 12.2. The molecule has 1 aliphatic heterocycles. The van der Waals surface area contributed by atoms with E-state index < -0.39 is 11.7 Å². The predicted molar refractivity (Wildman–Crippen MR) is 53.4 cm³/mol. The molecule has 0 radical (unpaired) electrons. The highest BCUT2D eigenvalue weighted by molar-refractivity contribution is 5.51. The second-order valence-electron chi connectivity index (χ2n) is 3.94. The van der Waals surface area contributed by atoms with Gasteiger partial charge in [0.2, 0.25) is 5.95 Å². The Labute approximate surface area is 95.5 Å². The second-order valence-corrected chi connectivity index (χ2v) is 3.94. The number of nitrogens with zero attached hydrogens (tertiary/aromatic N) is 3. The van der Waals surface area contributed by atoms with Gasteiger partial charge in [0.05, 0.1) is 5.56 Å². The Morgan fingerprint density at radius 1 is 1.35 bits per heavy atom. The highest BCUT2D eigenvalue weighted by Gasteiger charge is 2.33. The van der Waals surface area contributed by atoms with Gasteiger partial charge in [0.25, 0.3) is 0 Å². The molecule has 0 aliphatic carbocycles. The fourth-order valence-electron chi connectivity index (χ4n) is 1.65. The van der Waals surface area contributed by atoms with Crippen LogP contribution >= 0.6 is 0 Å². The molecule has 0 saturated carbocycles. The molecule has 1 saturated heterocycles. The molecule has 1 aromatic rings. The first-order valence-electron chi connectivity index (χ1n) is 5.08. The van der Waals surface area contributed by atoms with Gasteiger partial charge in [0.1, 0.15) is 6.29 Å². The van der Waals surface area contributed by atoms with Crippen LogP contribution in [0.5, 0.6) is 0 Å². The molecule has 0 N–H and O–H groups in total. The molecule has 92 valence electrons. The topological polar surface area (TPSA) is 46.1 Å². The van der Waals surface area contributed by atoms with Crippen molar-refractivity contribution in [3.8, 4) is 0 Å². The summed E-state index contributed by atoms with van der Waals surface area (Å²) in [7, 11) is 0. The van der Waals surface area contributed by atoms with Crippen LogP contribution in [0.3, 0.4) is 0 Å². The van der Waals surface area contributed by atoms with Gasteiger partial charge in [-0.2, -0.15) is 13.2 Å². The van der Waals surface area contributed by atoms with Gasteiger partial charge >= 0.3 is 6.18 Å². The summed E-state index contributed by atoms with van der Waals surface area (Å²) >= 11 is 0. The average Bonchev–Trinajstić information content (AvgIpc) is 2.22. The van der Waals surface area contributed by atoms with Crippen molar-refractivity contribution in [2.75, 3.05) is 18.0 Å². The summed E-state index contributed by atoms with van der Waals surface area (Å²) in [6.45, 7) is 1.23. The Kier molecular flexibility index (Phi) is 2.99. The maximum absolute atomic E-state index is 12.2. The fourth-order valence-corrected chi connectivity index (χ4v) is 1.65. The molecule has 0 spiro atoms. The minimum atomic E-state index is -4.41. The van der Waals surface area contributed by atoms with E-state index in [0.29, 0.717) is 19.5 Å². The molecule has 4 nitrogen and oxygen atoms in total. The molecule has 1 aromatic heterocycles. The summed E-state index contributed by atoms with van der Waals surface area (Å²) in [4.78, 5) is 19.3. The normalized spacial score (nSPS) is 16.8. The lowest BCUT2D eigenvalue weighted by Gasteiger charge is -2.38. The van der Waals surface area contributed by atoms with E-state index >= 15 is 0 Å². The zero-order valence-electron chi connectivity index (χ0n) is 8.81. The quantitative estimate of drug-likeness (QED) is 0.757. The summed E-state index contributed by atoms with van der Waals surface area (Å²) in [5.74, 6) is 0.540. The lowest BCUT2D eigenvalue weighted by Crippen LogP contribution is -2.47. The highest BCUT2D eigenvalue weighted by Crippen LogP contribution is 2.29. The van der Waals surface area contributed by atoms with Gasteiger partial charge in [-0.15, -0.1) is 0 Å². The van der Waals surface area contributed by atoms with Crippen LogP contribution in [-0.2, 0) is 11.0 Å². The van der Waals surface area contributed by atoms with Crippen molar-refractivity contribution in [3.63, 3.8) is 0 Å². The summed E-state index contributed by atoms with van der Waals surface area (Å²) < 4.78 is 36.7. The van der Waals surface area contributed by atoms with E-state index in [1.54, 1.807) is 4.90 Å². The summed E-state index contributed by atoms with van der Waals surface area (Å²) in [6, 6.07) is 0. The number of carbonyl (C=O) groups is 1. The van der Waals surface area contributed by atoms with Crippen molar-refractivity contribution in [1.29, 1.82) is 0 Å². The summed E-state index contributed by atoms with van der Waals surface area (Å²) in [5.41, 5.74) is -0.855. The van der Waals surface area contributed by atoms with E-state index in [1.165, 1.54) is 0 Å². The number of hydrogen-bond donors (Lipinski definition) is 0. The zero-order valence-corrected chi connectivity index (χ0v) is 8.81. The van der Waals surface area contributed by atoms with Crippen LogP contribution in [0.2, 0.25) is 0 Å². The van der Waals surface area contributed by atoms with E-state index in [4.69, 9.17) is 0 Å². The Balaban J connectivity index is 1.98. The maximum Gasteiger partial charge on any atom is 0.419 e. The van der Waals surface area contributed by atoms with Gasteiger partial charge in [-0.1, -0.05) is 0 Å². The molecular weight excluding hydrogens is 235 g/mol. The molecular formula is C10H10F3N3O. The van der Waals surface area contributed by atoms with E-state index in [2.05, 4.69) is 9.97 Å². The minimum Gasteiger partial charge on any atom is -0.340 e. The smallest absolute Gasteiger partial charge is 0.340 e. The van der Waals surface area contributed by atoms with E-state index in [1.807, 2.05) is 0 Å². The van der Waals surface area contributed by atoms with Crippen LogP contribution in [0, 0.1) is 5.92 Å². The number of hydrogen-bond acceptors (Lipinski definition) is 4. The van der Waals surface area contributed by atoms with Gasteiger partial charge < -0.3 is 9.69 Å². The molecule has 1 aliphatic rings. The first-order chi connectivity index (χ1) is 8.00. The van der Waals surface area contributed by atoms with Gasteiger partial charge in [0.15, 0.2) is 0 Å². The van der Waals surface area contributed by atoms with Crippen molar-refractivity contribution in [2.45, 2.75) is 12.6 Å². The number of rotatable bonds is 3. The molecule has 2 rings (SSSR count). The molecule has 0 unspecified atom stereocenters. The Morgan fingerprint density at radius 3 is 2.41 bits per heavy atom. The lowest BCUT2D eigenvalue weighted by atomic mass is 9.98. The van der Waals surface area contributed by atoms with Crippen LogP contribution in [0.25, 0.3) is 0 Å². The minimum absolute atomic E-state index is 0.262. The molecule has 2 heterocycles. The third-order valence-corrected chi connectivity index (χ3v) is 2.64. The largest absolute Gasteiger partial charge is 0.419 e. The van der Waals surface area contributed by atoms with Crippen LogP contribution in [0.1, 0.15) is 12.0 Å². The predicted octanol–water partition coefficient (Wildman–Crippen LogP) is 1.52. The van der Waals surface area contributed by atoms with E-state index in [-0.39, 0.29) is 11.9 Å². The van der Waals surface area contributed by atoms with E-state index in [9.17, 15) is 18.0 Å². The van der Waals surface area contributed by atoms with Crippen molar-refractivity contribution >= 4 is 12.2 Å². The van der Waals surface area contributed by atoms with E-state index in [0.717, 1.165) is 18.7 Å². The van der Waals surface area contributed by atoms with Crippen LogP contribution in [0.15, 0.2) is 12.4 Å². The van der Waals surface area contributed by atoms with Crippen LogP contribution in [0.4, 0.5) is 19.1 Å². The number of anilines is 1. The summed E-state index contributed by atoms with van der Waals surface area (Å²) in [6.07, 6.45) is -1.55. The molecule has 7 heteroatoms. The van der Waals surface area contributed by atoms with Gasteiger partial charge in [-0.05, 0) is 0 Å². The third kappa shape index (κ3) is 2.54. The molecule has 0 aromatic carbocycles. The van der Waals surface area contributed by atoms with Gasteiger partial charge in [0, 0.05) is 37.8 Å². The second kappa shape index (κ2) is 4.31. The average molecular weight is 245 g/mol. The SMILES string of the molecule is O=CCC1CN(c2ncc(C(F)(F)F)cn2)C1. The number of aldehydes is 1. The monoisotopic (exact) mass is 245 g/mol. The number of aromatic nitrogens is 2. The standard InChI is InChI=1S/C10H10F3N3O/c11-10(12,13)8-3-14-9(15-4-8)16-5-7(6-16)1-2-17/h2-4,7H,1,5-6H2. The molecule has 1 fully saturated rings. The molecule has 0 atom stereocenters.